The first-order valence-electron chi connectivity index (χ1n) is 6.69. The van der Waals surface area contributed by atoms with Gasteiger partial charge in [-0.1, -0.05) is 0 Å². The minimum atomic E-state index is -0.349. The van der Waals surface area contributed by atoms with Gasteiger partial charge >= 0.3 is 5.97 Å². The second-order valence-electron chi connectivity index (χ2n) is 4.71. The van der Waals surface area contributed by atoms with Gasteiger partial charge in [-0.25, -0.2) is 4.98 Å². The SMILES string of the molecule is Cc1cnc(NCCC(=O)Oc2ccc3c(=O)[nH][nH]c3c2)s1. The Morgan fingerprint density at radius 3 is 3.05 bits per heavy atom. The molecular weight excluding hydrogens is 304 g/mol. The molecule has 0 fully saturated rings. The van der Waals surface area contributed by atoms with Gasteiger partial charge in [0.25, 0.3) is 5.56 Å². The Morgan fingerprint density at radius 2 is 2.27 bits per heavy atom. The summed E-state index contributed by atoms with van der Waals surface area (Å²) in [6.45, 7) is 2.42. The fourth-order valence-corrected chi connectivity index (χ4v) is 2.66. The number of esters is 1. The maximum absolute atomic E-state index is 11.8. The van der Waals surface area contributed by atoms with E-state index in [2.05, 4.69) is 20.5 Å². The van der Waals surface area contributed by atoms with Crippen LogP contribution in [0, 0.1) is 6.92 Å². The Bertz CT molecular complexity index is 864. The van der Waals surface area contributed by atoms with Gasteiger partial charge in [0.05, 0.1) is 17.3 Å². The molecule has 0 aliphatic rings. The van der Waals surface area contributed by atoms with E-state index in [0.717, 1.165) is 10.0 Å². The number of carbonyl (C=O) groups excluding carboxylic acids is 1. The molecule has 3 rings (SSSR count). The Kier molecular flexibility index (Phi) is 3.92. The van der Waals surface area contributed by atoms with Gasteiger partial charge in [-0.3, -0.25) is 19.8 Å². The number of thiazole rings is 1. The van der Waals surface area contributed by atoms with Crippen molar-refractivity contribution in [3.05, 3.63) is 39.6 Å². The molecule has 3 aromatic rings. The molecular formula is C14H14N4O3S. The Morgan fingerprint density at radius 1 is 1.41 bits per heavy atom. The van der Waals surface area contributed by atoms with Gasteiger partial charge < -0.3 is 10.1 Å². The molecule has 0 aliphatic carbocycles. The molecule has 0 amide bonds. The number of nitrogens with one attached hydrogen (secondary N) is 3. The lowest BCUT2D eigenvalue weighted by Gasteiger charge is -2.05. The number of anilines is 1. The number of rotatable bonds is 5. The molecule has 2 heterocycles. The Balaban J connectivity index is 1.55. The average Bonchev–Trinajstić information content (AvgIpc) is 3.05. The van der Waals surface area contributed by atoms with E-state index in [-0.39, 0.29) is 17.9 Å². The van der Waals surface area contributed by atoms with Gasteiger partial charge in [0.2, 0.25) is 0 Å². The zero-order valence-corrected chi connectivity index (χ0v) is 12.6. The predicted molar refractivity (Wildman–Crippen MR) is 84.5 cm³/mol. The van der Waals surface area contributed by atoms with Crippen LogP contribution in [0.15, 0.2) is 29.2 Å². The summed E-state index contributed by atoms with van der Waals surface area (Å²) in [4.78, 5) is 28.4. The number of fused-ring (bicyclic) bond motifs is 1. The van der Waals surface area contributed by atoms with Crippen LogP contribution in [0.3, 0.4) is 0 Å². The fraction of sp³-hybridized carbons (Fsp3) is 0.214. The standard InChI is InChI=1S/C14H14N4O3S/c1-8-7-16-14(22-8)15-5-4-12(19)21-9-2-3-10-11(6-9)17-18-13(10)20/h2-3,6-7H,4-5H2,1H3,(H,15,16)(H2,17,18,20). The lowest BCUT2D eigenvalue weighted by molar-refractivity contribution is -0.134. The minimum absolute atomic E-state index is 0.198. The molecule has 0 saturated carbocycles. The smallest absolute Gasteiger partial charge is 0.312 e. The largest absolute Gasteiger partial charge is 0.426 e. The second kappa shape index (κ2) is 6.02. The summed E-state index contributed by atoms with van der Waals surface area (Å²) in [7, 11) is 0. The first-order valence-corrected chi connectivity index (χ1v) is 7.51. The summed E-state index contributed by atoms with van der Waals surface area (Å²) in [6, 6.07) is 4.83. The summed E-state index contributed by atoms with van der Waals surface area (Å²) >= 11 is 1.54. The highest BCUT2D eigenvalue weighted by atomic mass is 32.1. The van der Waals surface area contributed by atoms with Gasteiger partial charge in [-0.2, -0.15) is 0 Å². The van der Waals surface area contributed by atoms with Crippen molar-refractivity contribution in [2.24, 2.45) is 0 Å². The molecule has 22 heavy (non-hydrogen) atoms. The highest BCUT2D eigenvalue weighted by Gasteiger charge is 2.08. The van der Waals surface area contributed by atoms with Crippen molar-refractivity contribution in [2.45, 2.75) is 13.3 Å². The molecule has 0 saturated heterocycles. The topological polar surface area (TPSA) is 99.9 Å². The van der Waals surface area contributed by atoms with E-state index >= 15 is 0 Å². The van der Waals surface area contributed by atoms with Crippen LogP contribution >= 0.6 is 11.3 Å². The third kappa shape index (κ3) is 3.17. The highest BCUT2D eigenvalue weighted by molar-refractivity contribution is 7.15. The number of aryl methyl sites for hydroxylation is 1. The van der Waals surface area contributed by atoms with Crippen molar-refractivity contribution in [3.63, 3.8) is 0 Å². The summed E-state index contributed by atoms with van der Waals surface area (Å²) in [5.74, 6) is 0.0517. The third-order valence-electron chi connectivity index (χ3n) is 3.00. The molecule has 0 bridgehead atoms. The van der Waals surface area contributed by atoms with Crippen molar-refractivity contribution in [1.29, 1.82) is 0 Å². The van der Waals surface area contributed by atoms with E-state index in [4.69, 9.17) is 4.74 Å². The van der Waals surface area contributed by atoms with Gasteiger partial charge in [0.15, 0.2) is 5.13 Å². The molecule has 7 nitrogen and oxygen atoms in total. The van der Waals surface area contributed by atoms with E-state index in [1.165, 1.54) is 11.3 Å². The van der Waals surface area contributed by atoms with Crippen molar-refractivity contribution in [1.82, 2.24) is 15.2 Å². The number of ether oxygens (including phenoxy) is 1. The van der Waals surface area contributed by atoms with E-state index in [1.807, 2.05) is 6.92 Å². The number of nitrogens with zero attached hydrogens (tertiary/aromatic N) is 1. The molecule has 2 aromatic heterocycles. The van der Waals surface area contributed by atoms with Crippen LogP contribution in [0.2, 0.25) is 0 Å². The molecule has 8 heteroatoms. The minimum Gasteiger partial charge on any atom is -0.426 e. The summed E-state index contributed by atoms with van der Waals surface area (Å²) in [5, 5.41) is 9.58. The van der Waals surface area contributed by atoms with Crippen molar-refractivity contribution in [2.75, 3.05) is 11.9 Å². The average molecular weight is 318 g/mol. The number of aromatic amines is 2. The first kappa shape index (κ1) is 14.3. The monoisotopic (exact) mass is 318 g/mol. The zero-order valence-electron chi connectivity index (χ0n) is 11.8. The molecule has 1 aromatic carbocycles. The van der Waals surface area contributed by atoms with Crippen LogP contribution < -0.4 is 15.6 Å². The lowest BCUT2D eigenvalue weighted by atomic mass is 10.2. The highest BCUT2D eigenvalue weighted by Crippen LogP contribution is 2.18. The molecule has 0 atom stereocenters. The quantitative estimate of drug-likeness (QED) is 0.494. The van der Waals surface area contributed by atoms with Crippen LogP contribution in [0.4, 0.5) is 5.13 Å². The van der Waals surface area contributed by atoms with Gasteiger partial charge in [0.1, 0.15) is 5.75 Å². The molecule has 0 aliphatic heterocycles. The van der Waals surface area contributed by atoms with E-state index in [0.29, 0.717) is 23.2 Å². The third-order valence-corrected chi connectivity index (χ3v) is 3.88. The fourth-order valence-electron chi connectivity index (χ4n) is 1.97. The molecule has 0 radical (unpaired) electrons. The summed E-state index contributed by atoms with van der Waals surface area (Å²) in [5.41, 5.74) is 0.405. The maximum atomic E-state index is 11.8. The second-order valence-corrected chi connectivity index (χ2v) is 5.95. The van der Waals surface area contributed by atoms with Gasteiger partial charge in [-0.05, 0) is 19.1 Å². The number of carbonyl (C=O) groups is 1. The van der Waals surface area contributed by atoms with Gasteiger partial charge in [-0.15, -0.1) is 11.3 Å². The molecule has 0 unspecified atom stereocenters. The Hall–Kier alpha value is -2.61. The van der Waals surface area contributed by atoms with E-state index in [1.54, 1.807) is 24.4 Å². The summed E-state index contributed by atoms with van der Waals surface area (Å²) in [6.07, 6.45) is 2.00. The van der Waals surface area contributed by atoms with Gasteiger partial charge in [0, 0.05) is 23.7 Å². The number of H-pyrrole nitrogens is 2. The zero-order chi connectivity index (χ0) is 15.5. The number of aromatic nitrogens is 3. The lowest BCUT2D eigenvalue weighted by Crippen LogP contribution is -2.13. The Labute approximate surface area is 129 Å². The normalized spacial score (nSPS) is 10.8. The van der Waals surface area contributed by atoms with Crippen LogP contribution in [0.5, 0.6) is 5.75 Å². The van der Waals surface area contributed by atoms with E-state index in [9.17, 15) is 9.59 Å². The first-order chi connectivity index (χ1) is 10.6. The maximum Gasteiger partial charge on any atom is 0.312 e. The van der Waals surface area contributed by atoms with Crippen LogP contribution in [-0.2, 0) is 4.79 Å². The molecule has 0 spiro atoms. The van der Waals surface area contributed by atoms with Crippen LogP contribution in [-0.4, -0.2) is 27.7 Å². The van der Waals surface area contributed by atoms with Crippen molar-refractivity contribution < 1.29 is 9.53 Å². The van der Waals surface area contributed by atoms with Crippen LogP contribution in [0.1, 0.15) is 11.3 Å². The number of hydrogen-bond acceptors (Lipinski definition) is 6. The predicted octanol–water partition coefficient (Wildman–Crippen LogP) is 2.03. The van der Waals surface area contributed by atoms with Crippen molar-refractivity contribution >= 4 is 33.3 Å². The molecule has 114 valence electrons. The molecule has 3 N–H and O–H groups in total. The number of hydrogen-bond donors (Lipinski definition) is 3. The number of benzene rings is 1. The van der Waals surface area contributed by atoms with E-state index < -0.39 is 0 Å². The van der Waals surface area contributed by atoms with Crippen LogP contribution in [0.25, 0.3) is 10.9 Å². The van der Waals surface area contributed by atoms with Crippen molar-refractivity contribution in [3.8, 4) is 5.75 Å². The summed E-state index contributed by atoms with van der Waals surface area (Å²) < 4.78 is 5.24.